The molecule has 1 saturated heterocycles. The molecule has 5 heteroatoms. The number of rotatable bonds is 4. The highest BCUT2D eigenvalue weighted by molar-refractivity contribution is 5.69. The van der Waals surface area contributed by atoms with Crippen LogP contribution in [0.15, 0.2) is 0 Å². The molecule has 5 nitrogen and oxygen atoms in total. The molecule has 0 radical (unpaired) electrons. The summed E-state index contributed by atoms with van der Waals surface area (Å²) in [6.07, 6.45) is -0.355. The van der Waals surface area contributed by atoms with Crippen molar-refractivity contribution in [2.24, 2.45) is 5.73 Å². The van der Waals surface area contributed by atoms with Gasteiger partial charge in [0.2, 0.25) is 0 Å². The fourth-order valence-corrected chi connectivity index (χ4v) is 1.20. The predicted molar refractivity (Wildman–Crippen MR) is 49.5 cm³/mol. The normalized spacial score (nSPS) is 22.6. The molecule has 1 unspecified atom stereocenters. The first-order valence-corrected chi connectivity index (χ1v) is 4.44. The fraction of sp³-hybridized carbons (Fsp3) is 0.875. The maximum absolute atomic E-state index is 11.2. The number of carbonyl (C=O) groups excluding carboxylic acids is 1. The van der Waals surface area contributed by atoms with E-state index in [0.717, 1.165) is 6.54 Å². The van der Waals surface area contributed by atoms with Crippen LogP contribution >= 0.6 is 0 Å². The van der Waals surface area contributed by atoms with Crippen LogP contribution in [0, 0.1) is 0 Å². The molecule has 76 valence electrons. The molecular formula is C8H17N3O2. The Balaban J connectivity index is 2.31. The number of carbonyl (C=O) groups is 1. The Kier molecular flexibility index (Phi) is 3.50. The van der Waals surface area contributed by atoms with Crippen LogP contribution in [-0.4, -0.2) is 62.3 Å². The van der Waals surface area contributed by atoms with Gasteiger partial charge < -0.3 is 20.3 Å². The van der Waals surface area contributed by atoms with E-state index in [4.69, 9.17) is 10.5 Å². The number of hydrogen-bond acceptors (Lipinski definition) is 4. The van der Waals surface area contributed by atoms with E-state index in [9.17, 15) is 4.79 Å². The molecule has 1 amide bonds. The van der Waals surface area contributed by atoms with Crippen molar-refractivity contribution >= 4 is 6.09 Å². The molecule has 1 heterocycles. The molecule has 0 aliphatic carbocycles. The van der Waals surface area contributed by atoms with Gasteiger partial charge in [0.1, 0.15) is 6.10 Å². The molecule has 0 saturated carbocycles. The van der Waals surface area contributed by atoms with Crippen LogP contribution in [0.1, 0.15) is 0 Å². The van der Waals surface area contributed by atoms with Gasteiger partial charge in [0.25, 0.3) is 0 Å². The number of nitrogens with two attached hydrogens (primary N) is 1. The van der Waals surface area contributed by atoms with Crippen LogP contribution in [0.4, 0.5) is 4.79 Å². The summed E-state index contributed by atoms with van der Waals surface area (Å²) >= 11 is 0. The largest absolute Gasteiger partial charge is 0.443 e. The minimum atomic E-state index is -0.239. The van der Waals surface area contributed by atoms with E-state index in [1.807, 2.05) is 19.0 Å². The number of likely N-dealkylation sites (N-methyl/N-ethyl adjacent to an activating group) is 1. The molecule has 1 rings (SSSR count). The second kappa shape index (κ2) is 4.43. The number of hydrogen-bond donors (Lipinski definition) is 1. The lowest BCUT2D eigenvalue weighted by Gasteiger charge is -2.15. The first-order valence-electron chi connectivity index (χ1n) is 4.44. The summed E-state index contributed by atoms with van der Waals surface area (Å²) in [5.74, 6) is 0. The lowest BCUT2D eigenvalue weighted by atomic mass is 10.3. The molecule has 1 aliphatic rings. The quantitative estimate of drug-likeness (QED) is 0.634. The number of amides is 1. The summed E-state index contributed by atoms with van der Waals surface area (Å²) in [5, 5.41) is 0. The SMILES string of the molecule is CN(C)CCN1CC(CN)OC1=O. The molecule has 0 spiro atoms. The fourth-order valence-electron chi connectivity index (χ4n) is 1.20. The Bertz CT molecular complexity index is 184. The lowest BCUT2D eigenvalue weighted by Crippen LogP contribution is -2.33. The number of nitrogens with zero attached hydrogens (tertiary/aromatic N) is 2. The predicted octanol–water partition coefficient (Wildman–Crippen LogP) is -0.672. The van der Waals surface area contributed by atoms with Gasteiger partial charge in [-0.05, 0) is 14.1 Å². The summed E-state index contributed by atoms with van der Waals surface area (Å²) in [6.45, 7) is 2.60. The average molecular weight is 187 g/mol. The van der Waals surface area contributed by atoms with E-state index in [2.05, 4.69) is 0 Å². The molecule has 2 N–H and O–H groups in total. The molecule has 1 fully saturated rings. The Morgan fingerprint density at radius 1 is 1.69 bits per heavy atom. The van der Waals surface area contributed by atoms with Crippen molar-refractivity contribution in [1.29, 1.82) is 0 Å². The molecule has 0 aromatic carbocycles. The van der Waals surface area contributed by atoms with Crippen molar-refractivity contribution < 1.29 is 9.53 Å². The van der Waals surface area contributed by atoms with Gasteiger partial charge in [0.15, 0.2) is 0 Å². The van der Waals surface area contributed by atoms with Crippen molar-refractivity contribution in [1.82, 2.24) is 9.80 Å². The first-order chi connectivity index (χ1) is 6.13. The van der Waals surface area contributed by atoms with Crippen molar-refractivity contribution in [3.05, 3.63) is 0 Å². The minimum Gasteiger partial charge on any atom is -0.443 e. The van der Waals surface area contributed by atoms with E-state index in [1.54, 1.807) is 4.90 Å². The van der Waals surface area contributed by atoms with Gasteiger partial charge in [-0.1, -0.05) is 0 Å². The number of cyclic esters (lactones) is 1. The maximum atomic E-state index is 11.2. The van der Waals surface area contributed by atoms with Crippen LogP contribution in [0.3, 0.4) is 0 Å². The lowest BCUT2D eigenvalue weighted by molar-refractivity contribution is 0.134. The standard InChI is InChI=1S/C8H17N3O2/c1-10(2)3-4-11-6-7(5-9)13-8(11)12/h7H,3-6,9H2,1-2H3. The first kappa shape index (κ1) is 10.3. The second-order valence-electron chi connectivity index (χ2n) is 3.49. The van der Waals surface area contributed by atoms with Gasteiger partial charge in [-0.3, -0.25) is 0 Å². The maximum Gasteiger partial charge on any atom is 0.410 e. The Morgan fingerprint density at radius 3 is 2.85 bits per heavy atom. The highest BCUT2D eigenvalue weighted by atomic mass is 16.6. The molecule has 0 aromatic rings. The summed E-state index contributed by atoms with van der Waals surface area (Å²) in [4.78, 5) is 14.9. The van der Waals surface area contributed by atoms with Crippen molar-refractivity contribution in [3.8, 4) is 0 Å². The summed E-state index contributed by atoms with van der Waals surface area (Å²) in [5.41, 5.74) is 5.40. The van der Waals surface area contributed by atoms with Crippen LogP contribution in [0.5, 0.6) is 0 Å². The van der Waals surface area contributed by atoms with Gasteiger partial charge in [0, 0.05) is 19.6 Å². The van der Waals surface area contributed by atoms with Crippen molar-refractivity contribution in [3.63, 3.8) is 0 Å². The van der Waals surface area contributed by atoms with Crippen LogP contribution < -0.4 is 5.73 Å². The second-order valence-corrected chi connectivity index (χ2v) is 3.49. The van der Waals surface area contributed by atoms with Crippen LogP contribution in [0.25, 0.3) is 0 Å². The van der Waals surface area contributed by atoms with Gasteiger partial charge in [-0.25, -0.2) is 4.79 Å². The monoisotopic (exact) mass is 187 g/mol. The Morgan fingerprint density at radius 2 is 2.38 bits per heavy atom. The van der Waals surface area contributed by atoms with Crippen molar-refractivity contribution in [2.45, 2.75) is 6.10 Å². The zero-order valence-electron chi connectivity index (χ0n) is 8.19. The van der Waals surface area contributed by atoms with Crippen LogP contribution in [-0.2, 0) is 4.74 Å². The van der Waals surface area contributed by atoms with E-state index >= 15 is 0 Å². The Hall–Kier alpha value is -0.810. The molecule has 1 aliphatic heterocycles. The summed E-state index contributed by atoms with van der Waals surface area (Å²) in [7, 11) is 3.95. The minimum absolute atomic E-state index is 0.116. The highest BCUT2D eigenvalue weighted by Crippen LogP contribution is 2.09. The third kappa shape index (κ3) is 2.86. The number of ether oxygens (including phenoxy) is 1. The third-order valence-corrected chi connectivity index (χ3v) is 2.03. The molecule has 0 bridgehead atoms. The zero-order chi connectivity index (χ0) is 9.84. The molecule has 0 aromatic heterocycles. The highest BCUT2D eigenvalue weighted by Gasteiger charge is 2.29. The molecule has 13 heavy (non-hydrogen) atoms. The van der Waals surface area contributed by atoms with E-state index in [-0.39, 0.29) is 12.2 Å². The molecule has 1 atom stereocenters. The van der Waals surface area contributed by atoms with Gasteiger partial charge >= 0.3 is 6.09 Å². The van der Waals surface area contributed by atoms with Crippen molar-refractivity contribution in [2.75, 3.05) is 40.3 Å². The van der Waals surface area contributed by atoms with Gasteiger partial charge in [0.05, 0.1) is 6.54 Å². The molecular weight excluding hydrogens is 170 g/mol. The van der Waals surface area contributed by atoms with Crippen LogP contribution in [0.2, 0.25) is 0 Å². The van der Waals surface area contributed by atoms with Gasteiger partial charge in [-0.15, -0.1) is 0 Å². The topological polar surface area (TPSA) is 58.8 Å². The van der Waals surface area contributed by atoms with E-state index in [0.29, 0.717) is 19.6 Å². The summed E-state index contributed by atoms with van der Waals surface area (Å²) < 4.78 is 5.00. The third-order valence-electron chi connectivity index (χ3n) is 2.03. The van der Waals surface area contributed by atoms with E-state index < -0.39 is 0 Å². The zero-order valence-corrected chi connectivity index (χ0v) is 8.19. The smallest absolute Gasteiger partial charge is 0.410 e. The average Bonchev–Trinajstić information content (AvgIpc) is 2.43. The Labute approximate surface area is 78.4 Å². The summed E-state index contributed by atoms with van der Waals surface area (Å²) in [6, 6.07) is 0. The van der Waals surface area contributed by atoms with Gasteiger partial charge in [-0.2, -0.15) is 0 Å². The van der Waals surface area contributed by atoms with E-state index in [1.165, 1.54) is 0 Å².